The summed E-state index contributed by atoms with van der Waals surface area (Å²) in [6, 6.07) is 14.4. The van der Waals surface area contributed by atoms with E-state index in [1.165, 1.54) is 23.0 Å². The van der Waals surface area contributed by atoms with Crippen LogP contribution in [0.5, 0.6) is 0 Å². The topological polar surface area (TPSA) is 58.1 Å². The van der Waals surface area contributed by atoms with E-state index in [0.717, 1.165) is 12.1 Å². The van der Waals surface area contributed by atoms with Crippen molar-refractivity contribution >= 4 is 22.9 Å². The van der Waals surface area contributed by atoms with E-state index in [4.69, 9.17) is 0 Å². The summed E-state index contributed by atoms with van der Waals surface area (Å²) < 4.78 is 14.0. The molecule has 1 N–H and O–H groups in total. The molecule has 0 aliphatic heterocycles. The van der Waals surface area contributed by atoms with E-state index in [1.54, 1.807) is 18.2 Å². The lowest BCUT2D eigenvalue weighted by Gasteiger charge is -2.19. The molecule has 150 valence electrons. The van der Waals surface area contributed by atoms with Crippen molar-refractivity contribution in [1.29, 1.82) is 0 Å². The van der Waals surface area contributed by atoms with Crippen LogP contribution < -0.4 is 5.32 Å². The van der Waals surface area contributed by atoms with Crippen molar-refractivity contribution in [3.8, 4) is 0 Å². The Balaban J connectivity index is 1.64. The van der Waals surface area contributed by atoms with E-state index in [9.17, 15) is 9.18 Å². The standard InChI is InChI=1S/C22H23FN4OS/c1-3-13-27(14-17-7-5-6-8-19(17)23)15-20-25-26-22(29-20)21(28)24-18-11-9-16(4-2)10-12-18/h3,5-12H,1,4,13-15H2,2H3,(H,24,28). The summed E-state index contributed by atoms with van der Waals surface area (Å²) in [7, 11) is 0. The van der Waals surface area contributed by atoms with Crippen molar-refractivity contribution in [2.75, 3.05) is 11.9 Å². The van der Waals surface area contributed by atoms with E-state index in [0.29, 0.717) is 35.2 Å². The molecule has 0 aliphatic rings. The monoisotopic (exact) mass is 410 g/mol. The Morgan fingerprint density at radius 1 is 1.17 bits per heavy atom. The maximum absolute atomic E-state index is 14.0. The molecule has 0 bridgehead atoms. The molecule has 0 saturated heterocycles. The molecule has 1 heterocycles. The number of carbonyl (C=O) groups is 1. The van der Waals surface area contributed by atoms with Crippen LogP contribution in [0, 0.1) is 5.82 Å². The number of amides is 1. The first-order chi connectivity index (χ1) is 14.1. The van der Waals surface area contributed by atoms with Gasteiger partial charge < -0.3 is 5.32 Å². The molecule has 5 nitrogen and oxygen atoms in total. The number of carbonyl (C=O) groups excluding carboxylic acids is 1. The Morgan fingerprint density at radius 3 is 2.62 bits per heavy atom. The fraction of sp³-hybridized carbons (Fsp3) is 0.227. The van der Waals surface area contributed by atoms with Crippen molar-refractivity contribution in [3.63, 3.8) is 0 Å². The Kier molecular flexibility index (Phi) is 7.21. The first-order valence-corrected chi connectivity index (χ1v) is 10.2. The maximum atomic E-state index is 14.0. The minimum Gasteiger partial charge on any atom is -0.320 e. The molecule has 3 aromatic rings. The summed E-state index contributed by atoms with van der Waals surface area (Å²) >= 11 is 1.23. The van der Waals surface area contributed by atoms with Gasteiger partial charge in [0.15, 0.2) is 0 Å². The highest BCUT2D eigenvalue weighted by molar-refractivity contribution is 7.13. The summed E-state index contributed by atoms with van der Waals surface area (Å²) in [6.45, 7) is 7.29. The van der Waals surface area contributed by atoms with E-state index < -0.39 is 0 Å². The predicted octanol–water partition coefficient (Wildman–Crippen LogP) is 4.68. The molecular weight excluding hydrogens is 387 g/mol. The Hall–Kier alpha value is -2.90. The highest BCUT2D eigenvalue weighted by atomic mass is 32.1. The molecular formula is C22H23FN4OS. The molecule has 7 heteroatoms. The molecule has 1 amide bonds. The minimum atomic E-state index is -0.289. The van der Waals surface area contributed by atoms with Gasteiger partial charge in [0, 0.05) is 24.3 Å². The number of hydrogen-bond donors (Lipinski definition) is 1. The van der Waals surface area contributed by atoms with Crippen molar-refractivity contribution in [3.05, 3.63) is 88.1 Å². The van der Waals surface area contributed by atoms with Gasteiger partial charge in [0.05, 0.1) is 6.54 Å². The van der Waals surface area contributed by atoms with Crippen molar-refractivity contribution in [1.82, 2.24) is 15.1 Å². The van der Waals surface area contributed by atoms with E-state index in [-0.39, 0.29) is 11.7 Å². The third-order valence-corrected chi connectivity index (χ3v) is 5.29. The highest BCUT2D eigenvalue weighted by Crippen LogP contribution is 2.18. The maximum Gasteiger partial charge on any atom is 0.286 e. The molecule has 0 radical (unpaired) electrons. The average molecular weight is 411 g/mol. The van der Waals surface area contributed by atoms with Crippen LogP contribution in [0.4, 0.5) is 10.1 Å². The van der Waals surface area contributed by atoms with Crippen LogP contribution in [0.1, 0.15) is 32.9 Å². The third kappa shape index (κ3) is 5.79. The fourth-order valence-electron chi connectivity index (χ4n) is 2.84. The molecule has 2 aromatic carbocycles. The minimum absolute atomic E-state index is 0.243. The molecule has 0 spiro atoms. The fourth-order valence-corrected chi connectivity index (χ4v) is 3.62. The molecule has 0 fully saturated rings. The van der Waals surface area contributed by atoms with E-state index in [1.807, 2.05) is 35.2 Å². The number of hydrogen-bond acceptors (Lipinski definition) is 5. The highest BCUT2D eigenvalue weighted by Gasteiger charge is 2.16. The second kappa shape index (κ2) is 10.0. The van der Waals surface area contributed by atoms with Crippen LogP contribution >= 0.6 is 11.3 Å². The Labute approximate surface area is 173 Å². The molecule has 0 aliphatic carbocycles. The van der Waals surface area contributed by atoms with Crippen LogP contribution in [0.25, 0.3) is 0 Å². The number of nitrogens with zero attached hydrogens (tertiary/aromatic N) is 3. The number of aryl methyl sites for hydroxylation is 1. The predicted molar refractivity (Wildman–Crippen MR) is 114 cm³/mol. The van der Waals surface area contributed by atoms with Crippen LogP contribution in [-0.4, -0.2) is 27.5 Å². The second-order valence-electron chi connectivity index (χ2n) is 6.56. The van der Waals surface area contributed by atoms with Gasteiger partial charge in [-0.25, -0.2) is 4.39 Å². The average Bonchev–Trinajstić information content (AvgIpc) is 3.19. The van der Waals surface area contributed by atoms with Crippen molar-refractivity contribution < 1.29 is 9.18 Å². The van der Waals surface area contributed by atoms with Crippen molar-refractivity contribution in [2.24, 2.45) is 0 Å². The molecule has 0 unspecified atom stereocenters. The number of nitrogens with one attached hydrogen (secondary N) is 1. The van der Waals surface area contributed by atoms with Gasteiger partial charge in [-0.1, -0.05) is 54.7 Å². The largest absolute Gasteiger partial charge is 0.320 e. The molecule has 3 rings (SSSR count). The third-order valence-electron chi connectivity index (χ3n) is 4.38. The van der Waals surface area contributed by atoms with Gasteiger partial charge >= 0.3 is 0 Å². The smallest absolute Gasteiger partial charge is 0.286 e. The number of aromatic nitrogens is 2. The van der Waals surface area contributed by atoms with Crippen LogP contribution in [0.15, 0.2) is 61.2 Å². The summed E-state index contributed by atoms with van der Waals surface area (Å²) in [5.74, 6) is -0.532. The zero-order valence-electron chi connectivity index (χ0n) is 16.3. The number of rotatable bonds is 9. The zero-order valence-corrected chi connectivity index (χ0v) is 17.1. The van der Waals surface area contributed by atoms with Gasteiger partial charge in [0.1, 0.15) is 10.8 Å². The summed E-state index contributed by atoms with van der Waals surface area (Å²) in [5, 5.41) is 12.0. The van der Waals surface area contributed by atoms with Gasteiger partial charge in [0.2, 0.25) is 5.01 Å². The van der Waals surface area contributed by atoms with Gasteiger partial charge in [0.25, 0.3) is 5.91 Å². The quantitative estimate of drug-likeness (QED) is 0.521. The first-order valence-electron chi connectivity index (χ1n) is 9.38. The number of halogens is 1. The van der Waals surface area contributed by atoms with Gasteiger partial charge in [-0.2, -0.15) is 0 Å². The second-order valence-corrected chi connectivity index (χ2v) is 7.62. The zero-order chi connectivity index (χ0) is 20.6. The lowest BCUT2D eigenvalue weighted by Crippen LogP contribution is -2.23. The molecule has 29 heavy (non-hydrogen) atoms. The SMILES string of the molecule is C=CCN(Cc1nnc(C(=O)Nc2ccc(CC)cc2)s1)Cc1ccccc1F. The van der Waals surface area contributed by atoms with Gasteiger partial charge in [-0.15, -0.1) is 16.8 Å². The number of benzene rings is 2. The van der Waals surface area contributed by atoms with Gasteiger partial charge in [-0.3, -0.25) is 9.69 Å². The molecule has 1 aromatic heterocycles. The van der Waals surface area contributed by atoms with Crippen LogP contribution in [0.3, 0.4) is 0 Å². The summed E-state index contributed by atoms with van der Waals surface area (Å²) in [5.41, 5.74) is 2.53. The molecule has 0 atom stereocenters. The lowest BCUT2D eigenvalue weighted by molar-refractivity contribution is 0.102. The van der Waals surface area contributed by atoms with Gasteiger partial charge in [-0.05, 0) is 30.2 Å². The Bertz CT molecular complexity index is 971. The number of anilines is 1. The molecule has 0 saturated carbocycles. The first kappa shape index (κ1) is 20.8. The normalized spacial score (nSPS) is 10.9. The Morgan fingerprint density at radius 2 is 1.93 bits per heavy atom. The van der Waals surface area contributed by atoms with Crippen molar-refractivity contribution in [2.45, 2.75) is 26.4 Å². The summed E-state index contributed by atoms with van der Waals surface area (Å²) in [4.78, 5) is 14.4. The van der Waals surface area contributed by atoms with Crippen LogP contribution in [0.2, 0.25) is 0 Å². The van der Waals surface area contributed by atoms with E-state index in [2.05, 4.69) is 29.0 Å². The summed E-state index contributed by atoms with van der Waals surface area (Å²) in [6.07, 6.45) is 2.71. The van der Waals surface area contributed by atoms with Crippen LogP contribution in [-0.2, 0) is 19.5 Å². The lowest BCUT2D eigenvalue weighted by atomic mass is 10.1. The van der Waals surface area contributed by atoms with E-state index >= 15 is 0 Å².